The van der Waals surface area contributed by atoms with Crippen molar-refractivity contribution in [1.29, 1.82) is 0 Å². The van der Waals surface area contributed by atoms with Gasteiger partial charge in [-0.25, -0.2) is 4.39 Å². The monoisotopic (exact) mass is 194 g/mol. The molecule has 0 N–H and O–H groups in total. The maximum absolute atomic E-state index is 13.1. The van der Waals surface area contributed by atoms with Gasteiger partial charge in [0, 0.05) is 21.0 Å². The van der Waals surface area contributed by atoms with Crippen molar-refractivity contribution in [2.45, 2.75) is 6.92 Å². The van der Waals surface area contributed by atoms with Crippen LogP contribution in [0.15, 0.2) is 17.5 Å². The van der Waals surface area contributed by atoms with E-state index in [1.807, 2.05) is 6.92 Å². The first-order valence-electron chi connectivity index (χ1n) is 3.85. The van der Waals surface area contributed by atoms with E-state index in [1.54, 1.807) is 12.1 Å². The van der Waals surface area contributed by atoms with Crippen LogP contribution in [0.1, 0.15) is 15.9 Å². The Morgan fingerprint density at radius 3 is 2.92 bits per heavy atom. The second kappa shape index (κ2) is 2.92. The summed E-state index contributed by atoms with van der Waals surface area (Å²) in [6.07, 6.45) is 0.769. The van der Waals surface area contributed by atoms with Crippen LogP contribution in [0.2, 0.25) is 0 Å². The van der Waals surface area contributed by atoms with Crippen LogP contribution >= 0.6 is 11.3 Å². The Hall–Kier alpha value is -1.22. The van der Waals surface area contributed by atoms with Gasteiger partial charge in [0.2, 0.25) is 0 Å². The molecule has 0 amide bonds. The average Bonchev–Trinajstić information content (AvgIpc) is 2.47. The third kappa shape index (κ3) is 1.25. The summed E-state index contributed by atoms with van der Waals surface area (Å²) in [7, 11) is 0. The molecule has 0 radical (unpaired) electrons. The van der Waals surface area contributed by atoms with Crippen molar-refractivity contribution in [3.8, 4) is 0 Å². The van der Waals surface area contributed by atoms with E-state index < -0.39 is 0 Å². The zero-order chi connectivity index (χ0) is 9.42. The van der Waals surface area contributed by atoms with Gasteiger partial charge in [0.1, 0.15) is 5.82 Å². The Balaban J connectivity index is 2.91. The van der Waals surface area contributed by atoms with Crippen LogP contribution in [-0.2, 0) is 0 Å². The van der Waals surface area contributed by atoms with Gasteiger partial charge in [-0.1, -0.05) is 0 Å². The molecule has 0 spiro atoms. The largest absolute Gasteiger partial charge is 0.298 e. The Kier molecular flexibility index (Phi) is 1.88. The molecule has 0 unspecified atom stereocenters. The van der Waals surface area contributed by atoms with Gasteiger partial charge in [0.15, 0.2) is 6.29 Å². The molecule has 0 bridgehead atoms. The molecule has 0 aliphatic carbocycles. The predicted octanol–water partition coefficient (Wildman–Crippen LogP) is 3.16. The van der Waals surface area contributed by atoms with Crippen LogP contribution in [0, 0.1) is 12.7 Å². The topological polar surface area (TPSA) is 17.1 Å². The Labute approximate surface area is 78.8 Å². The molecule has 0 saturated carbocycles. The number of halogens is 1. The highest BCUT2D eigenvalue weighted by molar-refractivity contribution is 7.17. The maximum Gasteiger partial charge on any atom is 0.151 e. The highest BCUT2D eigenvalue weighted by Crippen LogP contribution is 2.28. The summed E-state index contributed by atoms with van der Waals surface area (Å²) in [6, 6.07) is 3.53. The molecular formula is C10H7FOS. The molecule has 13 heavy (non-hydrogen) atoms. The molecule has 2 aromatic rings. The lowest BCUT2D eigenvalue weighted by molar-refractivity contribution is 0.112. The van der Waals surface area contributed by atoms with Crippen molar-refractivity contribution < 1.29 is 9.18 Å². The number of thiophene rings is 1. The fourth-order valence-electron chi connectivity index (χ4n) is 1.37. The van der Waals surface area contributed by atoms with Crippen molar-refractivity contribution in [2.24, 2.45) is 0 Å². The normalized spacial score (nSPS) is 10.6. The molecule has 66 valence electrons. The Morgan fingerprint density at radius 2 is 2.23 bits per heavy atom. The number of carbonyl (C=O) groups is 1. The SMILES string of the molecule is Cc1cc(C=O)c2scc(F)c2c1. The third-order valence-electron chi connectivity index (χ3n) is 1.93. The lowest BCUT2D eigenvalue weighted by Crippen LogP contribution is -1.82. The Morgan fingerprint density at radius 1 is 1.46 bits per heavy atom. The van der Waals surface area contributed by atoms with Gasteiger partial charge in [-0.2, -0.15) is 0 Å². The summed E-state index contributed by atoms with van der Waals surface area (Å²) < 4.78 is 13.9. The van der Waals surface area contributed by atoms with Gasteiger partial charge in [-0.3, -0.25) is 4.79 Å². The lowest BCUT2D eigenvalue weighted by atomic mass is 10.1. The minimum Gasteiger partial charge on any atom is -0.298 e. The first-order chi connectivity index (χ1) is 6.22. The van der Waals surface area contributed by atoms with E-state index in [0.29, 0.717) is 10.9 Å². The Bertz CT molecular complexity index is 473. The standard InChI is InChI=1S/C10H7FOS/c1-6-2-7(4-12)10-8(3-6)9(11)5-13-10/h2-5H,1H3. The second-order valence-corrected chi connectivity index (χ2v) is 3.81. The van der Waals surface area contributed by atoms with Gasteiger partial charge in [0.05, 0.1) is 0 Å². The van der Waals surface area contributed by atoms with Crippen molar-refractivity contribution >= 4 is 27.7 Å². The highest BCUT2D eigenvalue weighted by Gasteiger charge is 2.07. The number of rotatable bonds is 1. The van der Waals surface area contributed by atoms with Crippen molar-refractivity contribution in [2.75, 3.05) is 0 Å². The second-order valence-electron chi connectivity index (χ2n) is 2.93. The van der Waals surface area contributed by atoms with Crippen LogP contribution < -0.4 is 0 Å². The van der Waals surface area contributed by atoms with Gasteiger partial charge < -0.3 is 0 Å². The highest BCUT2D eigenvalue weighted by atomic mass is 32.1. The minimum atomic E-state index is -0.244. The van der Waals surface area contributed by atoms with Crippen LogP contribution in [-0.4, -0.2) is 6.29 Å². The van der Waals surface area contributed by atoms with Gasteiger partial charge >= 0.3 is 0 Å². The quantitative estimate of drug-likeness (QED) is 0.637. The summed E-state index contributed by atoms with van der Waals surface area (Å²) in [6.45, 7) is 1.85. The molecule has 0 atom stereocenters. The van der Waals surface area contributed by atoms with Gasteiger partial charge in [0.25, 0.3) is 0 Å². The van der Waals surface area contributed by atoms with Crippen molar-refractivity contribution in [1.82, 2.24) is 0 Å². The van der Waals surface area contributed by atoms with Crippen LogP contribution in [0.3, 0.4) is 0 Å². The average molecular weight is 194 g/mol. The fraction of sp³-hybridized carbons (Fsp3) is 0.100. The summed E-state index contributed by atoms with van der Waals surface area (Å²) in [5, 5.41) is 1.98. The summed E-state index contributed by atoms with van der Waals surface area (Å²) >= 11 is 1.27. The zero-order valence-electron chi connectivity index (χ0n) is 7.00. The first kappa shape index (κ1) is 8.38. The molecule has 0 saturated heterocycles. The molecule has 2 rings (SSSR count). The molecule has 1 aromatic carbocycles. The van der Waals surface area contributed by atoms with Gasteiger partial charge in [-0.15, -0.1) is 11.3 Å². The zero-order valence-corrected chi connectivity index (χ0v) is 7.82. The van der Waals surface area contributed by atoms with E-state index in [-0.39, 0.29) is 5.82 Å². The number of hydrogen-bond donors (Lipinski definition) is 0. The molecule has 0 aliphatic rings. The number of benzene rings is 1. The van der Waals surface area contributed by atoms with E-state index >= 15 is 0 Å². The molecular weight excluding hydrogens is 187 g/mol. The summed E-state index contributed by atoms with van der Waals surface area (Å²) in [4.78, 5) is 10.7. The van der Waals surface area contributed by atoms with E-state index in [9.17, 15) is 9.18 Å². The smallest absolute Gasteiger partial charge is 0.151 e. The fourth-order valence-corrected chi connectivity index (χ4v) is 2.25. The predicted molar refractivity (Wildman–Crippen MR) is 51.9 cm³/mol. The first-order valence-corrected chi connectivity index (χ1v) is 4.73. The molecule has 3 heteroatoms. The molecule has 1 nitrogen and oxygen atoms in total. The van der Waals surface area contributed by atoms with E-state index in [0.717, 1.165) is 16.5 Å². The third-order valence-corrected chi connectivity index (χ3v) is 2.94. The van der Waals surface area contributed by atoms with Crippen molar-refractivity contribution in [3.63, 3.8) is 0 Å². The van der Waals surface area contributed by atoms with E-state index in [2.05, 4.69) is 0 Å². The molecule has 1 heterocycles. The summed E-state index contributed by atoms with van der Waals surface area (Å²) in [5.41, 5.74) is 1.48. The number of aldehydes is 1. The lowest BCUT2D eigenvalue weighted by Gasteiger charge is -1.96. The van der Waals surface area contributed by atoms with Crippen LogP contribution in [0.5, 0.6) is 0 Å². The minimum absolute atomic E-state index is 0.244. The van der Waals surface area contributed by atoms with Gasteiger partial charge in [-0.05, 0) is 24.6 Å². The summed E-state index contributed by atoms with van der Waals surface area (Å²) in [5.74, 6) is -0.244. The number of hydrogen-bond acceptors (Lipinski definition) is 2. The molecule has 0 fully saturated rings. The molecule has 0 aliphatic heterocycles. The number of aryl methyl sites for hydroxylation is 1. The number of carbonyl (C=O) groups excluding carboxylic acids is 1. The number of fused-ring (bicyclic) bond motifs is 1. The van der Waals surface area contributed by atoms with Crippen LogP contribution in [0.25, 0.3) is 10.1 Å². The van der Waals surface area contributed by atoms with E-state index in [4.69, 9.17) is 0 Å². The maximum atomic E-state index is 13.1. The van der Waals surface area contributed by atoms with E-state index in [1.165, 1.54) is 16.7 Å². The molecule has 1 aromatic heterocycles. The van der Waals surface area contributed by atoms with Crippen molar-refractivity contribution in [3.05, 3.63) is 34.5 Å². The van der Waals surface area contributed by atoms with Crippen LogP contribution in [0.4, 0.5) is 4.39 Å².